The molecule has 1 aliphatic carbocycles. The molecule has 0 fully saturated rings. The average Bonchev–Trinajstić information content (AvgIpc) is 3.06. The first-order chi connectivity index (χ1) is 15.7. The fraction of sp³-hybridized carbons (Fsp3) is 0.276. The monoisotopic (exact) mass is 425 g/mol. The van der Waals surface area contributed by atoms with Crippen molar-refractivity contribution < 1.29 is 9.53 Å². The van der Waals surface area contributed by atoms with Crippen molar-refractivity contribution in [3.8, 4) is 0 Å². The third-order valence-corrected chi connectivity index (χ3v) is 6.05. The third-order valence-electron chi connectivity index (χ3n) is 6.05. The number of carbonyl (C=O) groups is 1. The minimum absolute atomic E-state index is 0.123. The van der Waals surface area contributed by atoms with E-state index >= 15 is 0 Å². The van der Waals surface area contributed by atoms with Crippen LogP contribution in [0.5, 0.6) is 0 Å². The Balaban J connectivity index is 1.74. The van der Waals surface area contributed by atoms with Gasteiger partial charge in [0, 0.05) is 19.5 Å². The molecule has 1 aliphatic rings. The first kappa shape index (κ1) is 22.0. The van der Waals surface area contributed by atoms with Crippen molar-refractivity contribution in [3.05, 3.63) is 120 Å². The molecule has 3 nitrogen and oxygen atoms in total. The SMILES string of the molecule is CC(=O)O[C@@H]1C=C[C@H](N(Cc2ccccc2)C(c2ccccc2)c2ccccc2)CCC1. The molecule has 0 aromatic heterocycles. The predicted octanol–water partition coefficient (Wildman–Crippen LogP) is 6.32. The minimum atomic E-state index is -0.217. The van der Waals surface area contributed by atoms with E-state index in [-0.39, 0.29) is 24.2 Å². The summed E-state index contributed by atoms with van der Waals surface area (Å²) in [5, 5.41) is 0. The number of nitrogens with zero attached hydrogens (tertiary/aromatic N) is 1. The van der Waals surface area contributed by atoms with Crippen LogP contribution in [0.4, 0.5) is 0 Å². The number of rotatable bonds is 7. The fourth-order valence-corrected chi connectivity index (χ4v) is 4.60. The number of benzene rings is 3. The maximum atomic E-state index is 11.5. The molecule has 0 aliphatic heterocycles. The molecular weight excluding hydrogens is 394 g/mol. The van der Waals surface area contributed by atoms with E-state index in [0.29, 0.717) is 0 Å². The van der Waals surface area contributed by atoms with E-state index in [1.807, 2.05) is 0 Å². The summed E-state index contributed by atoms with van der Waals surface area (Å²) < 4.78 is 5.50. The third kappa shape index (κ3) is 5.74. The van der Waals surface area contributed by atoms with Crippen LogP contribution < -0.4 is 0 Å². The number of esters is 1. The molecule has 0 saturated heterocycles. The molecule has 0 bridgehead atoms. The largest absolute Gasteiger partial charge is 0.458 e. The molecule has 3 aromatic rings. The van der Waals surface area contributed by atoms with E-state index in [1.165, 1.54) is 23.6 Å². The lowest BCUT2D eigenvalue weighted by molar-refractivity contribution is -0.144. The van der Waals surface area contributed by atoms with Gasteiger partial charge in [-0.2, -0.15) is 0 Å². The molecule has 0 N–H and O–H groups in total. The van der Waals surface area contributed by atoms with Crippen LogP contribution in [0, 0.1) is 0 Å². The van der Waals surface area contributed by atoms with Gasteiger partial charge >= 0.3 is 5.97 Å². The van der Waals surface area contributed by atoms with Crippen LogP contribution in [0.15, 0.2) is 103 Å². The van der Waals surface area contributed by atoms with Crippen molar-refractivity contribution >= 4 is 5.97 Å². The highest BCUT2D eigenvalue weighted by Crippen LogP contribution is 2.34. The first-order valence-electron chi connectivity index (χ1n) is 11.5. The lowest BCUT2D eigenvalue weighted by atomic mass is 9.94. The first-order valence-corrected chi connectivity index (χ1v) is 11.5. The van der Waals surface area contributed by atoms with Crippen LogP contribution in [0.25, 0.3) is 0 Å². The molecule has 3 heteroatoms. The lowest BCUT2D eigenvalue weighted by Gasteiger charge is -2.37. The lowest BCUT2D eigenvalue weighted by Crippen LogP contribution is -2.37. The molecule has 0 spiro atoms. The Hall–Kier alpha value is -3.17. The van der Waals surface area contributed by atoms with Crippen molar-refractivity contribution in [1.29, 1.82) is 0 Å². The predicted molar refractivity (Wildman–Crippen MR) is 129 cm³/mol. The Labute approximate surface area is 191 Å². The molecule has 164 valence electrons. The van der Waals surface area contributed by atoms with Gasteiger partial charge in [0.25, 0.3) is 0 Å². The van der Waals surface area contributed by atoms with Crippen molar-refractivity contribution in [2.24, 2.45) is 0 Å². The van der Waals surface area contributed by atoms with Gasteiger partial charge in [-0.1, -0.05) is 97.1 Å². The van der Waals surface area contributed by atoms with Gasteiger partial charge in [0.2, 0.25) is 0 Å². The zero-order valence-electron chi connectivity index (χ0n) is 18.6. The van der Waals surface area contributed by atoms with Crippen molar-refractivity contribution in [3.63, 3.8) is 0 Å². The van der Waals surface area contributed by atoms with Gasteiger partial charge < -0.3 is 4.74 Å². The molecule has 0 amide bonds. The highest BCUT2D eigenvalue weighted by molar-refractivity contribution is 5.66. The number of ether oxygens (including phenoxy) is 1. The number of carbonyl (C=O) groups excluding carboxylic acids is 1. The van der Waals surface area contributed by atoms with Crippen LogP contribution in [0.3, 0.4) is 0 Å². The van der Waals surface area contributed by atoms with Gasteiger partial charge in [0.15, 0.2) is 0 Å². The molecule has 0 heterocycles. The Morgan fingerprint density at radius 1 is 0.844 bits per heavy atom. The Kier molecular flexibility index (Phi) is 7.52. The van der Waals surface area contributed by atoms with E-state index in [4.69, 9.17) is 4.74 Å². The van der Waals surface area contributed by atoms with Gasteiger partial charge in [-0.05, 0) is 42.0 Å². The number of hydrogen-bond donors (Lipinski definition) is 0. The zero-order chi connectivity index (χ0) is 22.2. The maximum absolute atomic E-state index is 11.5. The van der Waals surface area contributed by atoms with Gasteiger partial charge in [-0.15, -0.1) is 0 Å². The van der Waals surface area contributed by atoms with Crippen LogP contribution in [0.1, 0.15) is 48.9 Å². The molecule has 0 saturated carbocycles. The molecular formula is C29H31NO2. The van der Waals surface area contributed by atoms with E-state index in [2.05, 4.69) is 108 Å². The van der Waals surface area contributed by atoms with Crippen molar-refractivity contribution in [2.45, 2.75) is 50.9 Å². The minimum Gasteiger partial charge on any atom is -0.458 e. The van der Waals surface area contributed by atoms with E-state index in [9.17, 15) is 4.79 Å². The van der Waals surface area contributed by atoms with E-state index < -0.39 is 0 Å². The summed E-state index contributed by atoms with van der Waals surface area (Å²) in [5.41, 5.74) is 3.85. The second-order valence-corrected chi connectivity index (χ2v) is 8.41. The summed E-state index contributed by atoms with van der Waals surface area (Å²) in [6.07, 6.45) is 7.11. The molecule has 2 atom stereocenters. The van der Waals surface area contributed by atoms with Crippen LogP contribution in [-0.2, 0) is 16.1 Å². The average molecular weight is 426 g/mol. The second kappa shape index (κ2) is 10.9. The summed E-state index contributed by atoms with van der Waals surface area (Å²) in [6, 6.07) is 32.5. The smallest absolute Gasteiger partial charge is 0.303 e. The Bertz CT molecular complexity index is 962. The fourth-order valence-electron chi connectivity index (χ4n) is 4.60. The van der Waals surface area contributed by atoms with Gasteiger partial charge in [-0.3, -0.25) is 9.69 Å². The summed E-state index contributed by atoms with van der Waals surface area (Å²) >= 11 is 0. The normalized spacial score (nSPS) is 18.5. The maximum Gasteiger partial charge on any atom is 0.303 e. The molecule has 4 rings (SSSR count). The van der Waals surface area contributed by atoms with Gasteiger partial charge in [-0.25, -0.2) is 0 Å². The summed E-state index contributed by atoms with van der Waals surface area (Å²) in [5.74, 6) is -0.217. The molecule has 3 aromatic carbocycles. The zero-order valence-corrected chi connectivity index (χ0v) is 18.6. The molecule has 0 radical (unpaired) electrons. The highest BCUT2D eigenvalue weighted by atomic mass is 16.5. The topological polar surface area (TPSA) is 29.5 Å². The highest BCUT2D eigenvalue weighted by Gasteiger charge is 2.29. The van der Waals surface area contributed by atoms with Crippen LogP contribution in [0.2, 0.25) is 0 Å². The van der Waals surface area contributed by atoms with Crippen molar-refractivity contribution in [2.75, 3.05) is 0 Å². The van der Waals surface area contributed by atoms with E-state index in [1.54, 1.807) is 0 Å². The van der Waals surface area contributed by atoms with Gasteiger partial charge in [0.1, 0.15) is 6.10 Å². The molecule has 0 unspecified atom stereocenters. The summed E-state index contributed by atoms with van der Waals surface area (Å²) in [7, 11) is 0. The van der Waals surface area contributed by atoms with Crippen molar-refractivity contribution in [1.82, 2.24) is 4.90 Å². The summed E-state index contributed by atoms with van der Waals surface area (Å²) in [4.78, 5) is 14.1. The van der Waals surface area contributed by atoms with Gasteiger partial charge in [0.05, 0.1) is 6.04 Å². The van der Waals surface area contributed by atoms with Crippen LogP contribution in [-0.4, -0.2) is 23.0 Å². The quantitative estimate of drug-likeness (QED) is 0.328. The van der Waals surface area contributed by atoms with E-state index in [0.717, 1.165) is 25.8 Å². The Morgan fingerprint density at radius 3 is 1.97 bits per heavy atom. The Morgan fingerprint density at radius 2 is 1.41 bits per heavy atom. The molecule has 32 heavy (non-hydrogen) atoms. The second-order valence-electron chi connectivity index (χ2n) is 8.41. The van der Waals surface area contributed by atoms with Crippen LogP contribution >= 0.6 is 0 Å². The summed E-state index contributed by atoms with van der Waals surface area (Å²) in [6.45, 7) is 2.32. The number of hydrogen-bond acceptors (Lipinski definition) is 3. The standard InChI is InChI=1S/C29H31NO2/c1-23(31)32-28-19-11-18-27(20-21-28)30(22-24-12-5-2-6-13-24)29(25-14-7-3-8-15-25)26-16-9-4-10-17-26/h2-10,12-17,20-21,27-29H,11,18-19,22H2,1H3/t27-,28+/m1/s1.